The highest BCUT2D eigenvalue weighted by molar-refractivity contribution is 14.0. The zero-order chi connectivity index (χ0) is 20.0. The highest BCUT2D eigenvalue weighted by atomic mass is 127. The third-order valence-corrected chi connectivity index (χ3v) is 3.67. The molecule has 4 nitrogen and oxygen atoms in total. The molecule has 0 spiro atoms. The lowest BCUT2D eigenvalue weighted by Gasteiger charge is -2.16. The second kappa shape index (κ2) is 10.2. The van der Waals surface area contributed by atoms with E-state index in [0.717, 1.165) is 18.2 Å². The molecule has 10 heteroatoms. The molecule has 2 aromatic rings. The molecule has 0 aromatic heterocycles. The van der Waals surface area contributed by atoms with Crippen molar-refractivity contribution >= 4 is 29.9 Å². The van der Waals surface area contributed by atoms with Crippen LogP contribution in [-0.2, 0) is 19.3 Å². The molecule has 0 heterocycles. The summed E-state index contributed by atoms with van der Waals surface area (Å²) in [7, 11) is 1.40. The highest BCUT2D eigenvalue weighted by Gasteiger charge is 2.33. The van der Waals surface area contributed by atoms with Gasteiger partial charge < -0.3 is 10.6 Å². The zero-order valence-electron chi connectivity index (χ0n) is 14.6. The number of alkyl halides is 3. The number of rotatable bonds is 4. The molecule has 2 N–H and O–H groups in total. The van der Waals surface area contributed by atoms with Gasteiger partial charge in [0.05, 0.1) is 17.2 Å². The Bertz CT molecular complexity index is 891. The normalized spacial score (nSPS) is 11.4. The molecule has 0 aliphatic rings. The number of nitriles is 1. The molecule has 0 saturated heterocycles. The SMILES string of the molecule is CN=C(NCc1cc(C#N)ccc1F)NCc1ccc(F)cc1C(F)(F)F.I. The Kier molecular flexibility index (Phi) is 8.62. The number of halogens is 6. The van der Waals surface area contributed by atoms with E-state index in [1.165, 1.54) is 19.2 Å². The Balaban J connectivity index is 0.00000392. The maximum atomic E-state index is 13.8. The minimum absolute atomic E-state index is 0. The van der Waals surface area contributed by atoms with Crippen LogP contribution >= 0.6 is 24.0 Å². The van der Waals surface area contributed by atoms with Crippen LogP contribution in [0.3, 0.4) is 0 Å². The van der Waals surface area contributed by atoms with Crippen molar-refractivity contribution in [2.24, 2.45) is 4.99 Å². The summed E-state index contributed by atoms with van der Waals surface area (Å²) in [6.45, 7) is -0.300. The minimum atomic E-state index is -4.70. The van der Waals surface area contributed by atoms with Crippen molar-refractivity contribution in [3.63, 3.8) is 0 Å². The van der Waals surface area contributed by atoms with E-state index in [0.29, 0.717) is 6.07 Å². The molecular formula is C18H16F5IN4. The van der Waals surface area contributed by atoms with Gasteiger partial charge in [-0.1, -0.05) is 6.07 Å². The number of guanidine groups is 1. The molecule has 150 valence electrons. The lowest BCUT2D eigenvalue weighted by atomic mass is 10.1. The molecule has 0 atom stereocenters. The predicted molar refractivity (Wildman–Crippen MR) is 105 cm³/mol. The van der Waals surface area contributed by atoms with Gasteiger partial charge in [-0.05, 0) is 35.9 Å². The van der Waals surface area contributed by atoms with Crippen LogP contribution in [0, 0.1) is 23.0 Å². The average Bonchev–Trinajstić information content (AvgIpc) is 2.63. The molecule has 0 radical (unpaired) electrons. The van der Waals surface area contributed by atoms with Crippen LogP contribution in [0.5, 0.6) is 0 Å². The van der Waals surface area contributed by atoms with E-state index < -0.39 is 23.4 Å². The van der Waals surface area contributed by atoms with Crippen LogP contribution in [0.15, 0.2) is 41.4 Å². The van der Waals surface area contributed by atoms with Crippen molar-refractivity contribution < 1.29 is 22.0 Å². The monoisotopic (exact) mass is 510 g/mol. The van der Waals surface area contributed by atoms with Crippen LogP contribution in [0.2, 0.25) is 0 Å². The van der Waals surface area contributed by atoms with Crippen LogP contribution < -0.4 is 10.6 Å². The van der Waals surface area contributed by atoms with Crippen molar-refractivity contribution in [1.29, 1.82) is 5.26 Å². The Morgan fingerprint density at radius 1 is 1.04 bits per heavy atom. The second-order valence-electron chi connectivity index (χ2n) is 5.50. The standard InChI is InChI=1S/C18H15F5N4.HI/c1-25-17(27-10-13-6-11(8-24)2-5-16(13)20)26-9-12-3-4-14(19)7-15(12)18(21,22)23;/h2-7H,9-10H2,1H3,(H2,25,26,27);1H. The quantitative estimate of drug-likeness (QED) is 0.279. The maximum Gasteiger partial charge on any atom is 0.416 e. The molecule has 0 fully saturated rings. The van der Waals surface area contributed by atoms with Crippen molar-refractivity contribution in [2.45, 2.75) is 19.3 Å². The summed E-state index contributed by atoms with van der Waals surface area (Å²) < 4.78 is 65.9. The second-order valence-corrected chi connectivity index (χ2v) is 5.50. The van der Waals surface area contributed by atoms with E-state index in [-0.39, 0.29) is 59.7 Å². The van der Waals surface area contributed by atoms with Gasteiger partial charge in [0.25, 0.3) is 0 Å². The molecular weight excluding hydrogens is 494 g/mol. The molecule has 2 aromatic carbocycles. The molecule has 0 amide bonds. The summed E-state index contributed by atoms with van der Waals surface area (Å²) in [6.07, 6.45) is -4.70. The van der Waals surface area contributed by atoms with E-state index in [4.69, 9.17) is 5.26 Å². The molecule has 0 unspecified atom stereocenters. The Morgan fingerprint density at radius 2 is 1.68 bits per heavy atom. The fourth-order valence-electron chi connectivity index (χ4n) is 2.32. The Morgan fingerprint density at radius 3 is 2.25 bits per heavy atom. The van der Waals surface area contributed by atoms with E-state index in [1.807, 2.05) is 6.07 Å². The van der Waals surface area contributed by atoms with Gasteiger partial charge in [0, 0.05) is 25.7 Å². The number of nitrogens with zero attached hydrogens (tertiary/aromatic N) is 2. The molecule has 0 saturated carbocycles. The lowest BCUT2D eigenvalue weighted by molar-refractivity contribution is -0.138. The first-order chi connectivity index (χ1) is 12.7. The summed E-state index contributed by atoms with van der Waals surface area (Å²) in [4.78, 5) is 3.85. The topological polar surface area (TPSA) is 60.2 Å². The Hall–Kier alpha value is -2.42. The van der Waals surface area contributed by atoms with Gasteiger partial charge in [-0.2, -0.15) is 18.4 Å². The minimum Gasteiger partial charge on any atom is -0.352 e. The molecule has 0 bridgehead atoms. The third kappa shape index (κ3) is 6.33. The van der Waals surface area contributed by atoms with Crippen molar-refractivity contribution in [3.8, 4) is 6.07 Å². The van der Waals surface area contributed by atoms with Crippen molar-refractivity contribution in [2.75, 3.05) is 7.05 Å². The number of hydrogen-bond donors (Lipinski definition) is 2. The average molecular weight is 510 g/mol. The zero-order valence-corrected chi connectivity index (χ0v) is 16.9. The van der Waals surface area contributed by atoms with E-state index in [1.54, 1.807) is 0 Å². The summed E-state index contributed by atoms with van der Waals surface area (Å²) in [6, 6.07) is 8.13. The summed E-state index contributed by atoms with van der Waals surface area (Å²) in [5.41, 5.74) is -0.769. The predicted octanol–water partition coefficient (Wildman–Crippen LogP) is 4.34. The van der Waals surface area contributed by atoms with Gasteiger partial charge in [-0.15, -0.1) is 24.0 Å². The van der Waals surface area contributed by atoms with Gasteiger partial charge >= 0.3 is 6.18 Å². The van der Waals surface area contributed by atoms with Crippen LogP contribution in [-0.4, -0.2) is 13.0 Å². The summed E-state index contributed by atoms with van der Waals surface area (Å²) >= 11 is 0. The first-order valence-electron chi connectivity index (χ1n) is 7.73. The van der Waals surface area contributed by atoms with Gasteiger partial charge in [0.2, 0.25) is 0 Å². The van der Waals surface area contributed by atoms with Gasteiger partial charge in [-0.25, -0.2) is 8.78 Å². The first-order valence-corrected chi connectivity index (χ1v) is 7.73. The van der Waals surface area contributed by atoms with Crippen LogP contribution in [0.1, 0.15) is 22.3 Å². The van der Waals surface area contributed by atoms with Crippen LogP contribution in [0.25, 0.3) is 0 Å². The van der Waals surface area contributed by atoms with Gasteiger partial charge in [0.1, 0.15) is 11.6 Å². The molecule has 28 heavy (non-hydrogen) atoms. The smallest absolute Gasteiger partial charge is 0.352 e. The van der Waals surface area contributed by atoms with E-state index in [2.05, 4.69) is 15.6 Å². The first kappa shape index (κ1) is 23.6. The van der Waals surface area contributed by atoms with E-state index in [9.17, 15) is 22.0 Å². The largest absolute Gasteiger partial charge is 0.416 e. The summed E-state index contributed by atoms with van der Waals surface area (Å²) in [5, 5.41) is 14.3. The van der Waals surface area contributed by atoms with Crippen molar-refractivity contribution in [3.05, 3.63) is 70.3 Å². The lowest BCUT2D eigenvalue weighted by Crippen LogP contribution is -2.37. The van der Waals surface area contributed by atoms with Gasteiger partial charge in [-0.3, -0.25) is 4.99 Å². The fourth-order valence-corrected chi connectivity index (χ4v) is 2.32. The van der Waals surface area contributed by atoms with E-state index >= 15 is 0 Å². The number of benzene rings is 2. The summed E-state index contributed by atoms with van der Waals surface area (Å²) in [5.74, 6) is -1.40. The Labute approximate surface area is 175 Å². The third-order valence-electron chi connectivity index (χ3n) is 3.67. The molecule has 0 aliphatic heterocycles. The van der Waals surface area contributed by atoms with Crippen molar-refractivity contribution in [1.82, 2.24) is 10.6 Å². The molecule has 2 rings (SSSR count). The fraction of sp³-hybridized carbons (Fsp3) is 0.222. The number of nitrogens with one attached hydrogen (secondary N) is 2. The maximum absolute atomic E-state index is 13.8. The number of aliphatic imine (C=N–C) groups is 1. The van der Waals surface area contributed by atoms with Gasteiger partial charge in [0.15, 0.2) is 5.96 Å². The molecule has 0 aliphatic carbocycles. The number of hydrogen-bond acceptors (Lipinski definition) is 2. The van der Waals surface area contributed by atoms with Crippen LogP contribution in [0.4, 0.5) is 22.0 Å². The highest BCUT2D eigenvalue weighted by Crippen LogP contribution is 2.32.